The Morgan fingerprint density at radius 1 is 1.00 bits per heavy atom. The fraction of sp³-hybridized carbons (Fsp3) is 0.250. The Kier molecular flexibility index (Phi) is 3.95. The summed E-state index contributed by atoms with van der Waals surface area (Å²) >= 11 is 0. The molecule has 0 fully saturated rings. The van der Waals surface area contributed by atoms with Crippen molar-refractivity contribution >= 4 is 0 Å². The monoisotopic (exact) mass is 258 g/mol. The Labute approximate surface area is 113 Å². The van der Waals surface area contributed by atoms with E-state index in [0.717, 1.165) is 16.9 Å². The zero-order valence-electron chi connectivity index (χ0n) is 11.4. The molecule has 0 bridgehead atoms. The highest BCUT2D eigenvalue weighted by molar-refractivity contribution is 5.73. The second kappa shape index (κ2) is 5.65. The summed E-state index contributed by atoms with van der Waals surface area (Å²) in [7, 11) is 1.54. The summed E-state index contributed by atoms with van der Waals surface area (Å²) < 4.78 is 10.7. The number of phenolic OH excluding ortho intramolecular Hbond substituents is 1. The Morgan fingerprint density at radius 2 is 1.68 bits per heavy atom. The smallest absolute Gasteiger partial charge is 0.165 e. The molecule has 0 saturated heterocycles. The van der Waals surface area contributed by atoms with E-state index in [9.17, 15) is 5.11 Å². The molecule has 0 radical (unpaired) electrons. The number of aromatic hydroxyl groups is 1. The zero-order chi connectivity index (χ0) is 13.8. The van der Waals surface area contributed by atoms with Gasteiger partial charge >= 0.3 is 0 Å². The lowest BCUT2D eigenvalue weighted by Gasteiger charge is -2.11. The number of rotatable bonds is 4. The highest BCUT2D eigenvalue weighted by atomic mass is 16.5. The first-order valence-electron chi connectivity index (χ1n) is 6.25. The van der Waals surface area contributed by atoms with Crippen LogP contribution in [0.15, 0.2) is 42.5 Å². The van der Waals surface area contributed by atoms with Crippen LogP contribution in [-0.4, -0.2) is 18.3 Å². The van der Waals surface area contributed by atoms with Crippen molar-refractivity contribution in [1.82, 2.24) is 0 Å². The molecule has 3 nitrogen and oxygen atoms in total. The quantitative estimate of drug-likeness (QED) is 0.905. The van der Waals surface area contributed by atoms with Crippen molar-refractivity contribution in [3.8, 4) is 28.4 Å². The van der Waals surface area contributed by atoms with E-state index in [2.05, 4.69) is 0 Å². The van der Waals surface area contributed by atoms with Gasteiger partial charge in [0, 0.05) is 5.56 Å². The zero-order valence-corrected chi connectivity index (χ0v) is 11.4. The van der Waals surface area contributed by atoms with Gasteiger partial charge in [-0.15, -0.1) is 0 Å². The molecular formula is C16H18O3. The highest BCUT2D eigenvalue weighted by Gasteiger charge is 2.09. The first kappa shape index (κ1) is 13.3. The van der Waals surface area contributed by atoms with E-state index in [-0.39, 0.29) is 11.9 Å². The van der Waals surface area contributed by atoms with Gasteiger partial charge < -0.3 is 14.6 Å². The molecule has 1 N–H and O–H groups in total. The minimum absolute atomic E-state index is 0.149. The van der Waals surface area contributed by atoms with Crippen LogP contribution in [-0.2, 0) is 0 Å². The summed E-state index contributed by atoms with van der Waals surface area (Å²) in [6.07, 6.45) is 0.149. The molecule has 3 heteroatoms. The van der Waals surface area contributed by atoms with E-state index in [4.69, 9.17) is 9.47 Å². The van der Waals surface area contributed by atoms with E-state index in [1.165, 1.54) is 0 Å². The van der Waals surface area contributed by atoms with Crippen molar-refractivity contribution in [3.63, 3.8) is 0 Å². The predicted molar refractivity (Wildman–Crippen MR) is 75.9 cm³/mol. The number of ether oxygens (including phenoxy) is 2. The van der Waals surface area contributed by atoms with Crippen LogP contribution in [0.4, 0.5) is 0 Å². The van der Waals surface area contributed by atoms with E-state index in [1.54, 1.807) is 13.2 Å². The summed E-state index contributed by atoms with van der Waals surface area (Å²) in [4.78, 5) is 0. The minimum atomic E-state index is 0.149. The Hall–Kier alpha value is -2.16. The average molecular weight is 258 g/mol. The molecule has 0 atom stereocenters. The maximum Gasteiger partial charge on any atom is 0.165 e. The molecule has 0 spiro atoms. The molecule has 0 aliphatic heterocycles. The number of methoxy groups -OCH3 is 1. The molecule has 2 rings (SSSR count). The molecule has 2 aromatic rings. The second-order valence-electron chi connectivity index (χ2n) is 4.55. The highest BCUT2D eigenvalue weighted by Crippen LogP contribution is 2.37. The maximum atomic E-state index is 10.1. The summed E-state index contributed by atoms with van der Waals surface area (Å²) in [6.45, 7) is 3.98. The van der Waals surface area contributed by atoms with Crippen molar-refractivity contribution in [2.24, 2.45) is 0 Å². The van der Waals surface area contributed by atoms with Gasteiger partial charge in [-0.05, 0) is 37.6 Å². The molecule has 0 amide bonds. The third-order valence-electron chi connectivity index (χ3n) is 2.76. The summed E-state index contributed by atoms with van der Waals surface area (Å²) in [5.41, 5.74) is 1.67. The first-order chi connectivity index (χ1) is 9.11. The molecule has 0 unspecified atom stereocenters. The fourth-order valence-corrected chi connectivity index (χ4v) is 1.91. The standard InChI is InChI=1S/C16H18O3/c1-11(2)19-13-9-7-12(8-10-13)14-5-4-6-15(18-3)16(14)17/h4-11,17H,1-3H3. The van der Waals surface area contributed by atoms with Crippen LogP contribution >= 0.6 is 0 Å². The normalized spacial score (nSPS) is 10.5. The van der Waals surface area contributed by atoms with Gasteiger partial charge in [-0.2, -0.15) is 0 Å². The Morgan fingerprint density at radius 3 is 2.26 bits per heavy atom. The molecule has 0 aliphatic rings. The second-order valence-corrected chi connectivity index (χ2v) is 4.55. The first-order valence-corrected chi connectivity index (χ1v) is 6.25. The van der Waals surface area contributed by atoms with Gasteiger partial charge in [0.25, 0.3) is 0 Å². The van der Waals surface area contributed by atoms with Crippen molar-refractivity contribution in [2.75, 3.05) is 7.11 Å². The molecular weight excluding hydrogens is 240 g/mol. The van der Waals surface area contributed by atoms with Gasteiger partial charge in [0.05, 0.1) is 13.2 Å². The fourth-order valence-electron chi connectivity index (χ4n) is 1.91. The average Bonchev–Trinajstić information content (AvgIpc) is 2.39. The third-order valence-corrected chi connectivity index (χ3v) is 2.76. The van der Waals surface area contributed by atoms with E-state index in [0.29, 0.717) is 5.75 Å². The van der Waals surface area contributed by atoms with Gasteiger partial charge in [0.15, 0.2) is 11.5 Å². The van der Waals surface area contributed by atoms with Gasteiger partial charge in [-0.25, -0.2) is 0 Å². The molecule has 0 aliphatic carbocycles. The van der Waals surface area contributed by atoms with Crippen molar-refractivity contribution in [3.05, 3.63) is 42.5 Å². The lowest BCUT2D eigenvalue weighted by molar-refractivity contribution is 0.242. The Balaban J connectivity index is 2.32. The Bertz CT molecular complexity index is 544. The molecule has 0 saturated carbocycles. The molecule has 100 valence electrons. The van der Waals surface area contributed by atoms with Crippen LogP contribution in [0.25, 0.3) is 11.1 Å². The largest absolute Gasteiger partial charge is 0.504 e. The van der Waals surface area contributed by atoms with Crippen LogP contribution < -0.4 is 9.47 Å². The van der Waals surface area contributed by atoms with Crippen LogP contribution in [0.3, 0.4) is 0 Å². The summed E-state index contributed by atoms with van der Waals surface area (Å²) in [6, 6.07) is 13.1. The minimum Gasteiger partial charge on any atom is -0.504 e. The van der Waals surface area contributed by atoms with Crippen molar-refractivity contribution < 1.29 is 14.6 Å². The van der Waals surface area contributed by atoms with Crippen LogP contribution in [0.1, 0.15) is 13.8 Å². The van der Waals surface area contributed by atoms with Gasteiger partial charge in [0.1, 0.15) is 5.75 Å². The summed E-state index contributed by atoms with van der Waals surface area (Å²) in [5, 5.41) is 10.1. The predicted octanol–water partition coefficient (Wildman–Crippen LogP) is 3.86. The summed E-state index contributed by atoms with van der Waals surface area (Å²) in [5.74, 6) is 1.45. The van der Waals surface area contributed by atoms with Gasteiger partial charge in [-0.1, -0.05) is 24.3 Å². The lowest BCUT2D eigenvalue weighted by Crippen LogP contribution is -2.05. The third kappa shape index (κ3) is 2.99. The number of benzene rings is 2. The van der Waals surface area contributed by atoms with Gasteiger partial charge in [-0.3, -0.25) is 0 Å². The van der Waals surface area contributed by atoms with Crippen molar-refractivity contribution in [2.45, 2.75) is 20.0 Å². The van der Waals surface area contributed by atoms with Crippen LogP contribution in [0.5, 0.6) is 17.2 Å². The molecule has 19 heavy (non-hydrogen) atoms. The van der Waals surface area contributed by atoms with Gasteiger partial charge in [0.2, 0.25) is 0 Å². The number of hydrogen-bond donors (Lipinski definition) is 1. The molecule has 0 heterocycles. The molecule has 0 aromatic heterocycles. The molecule has 2 aromatic carbocycles. The van der Waals surface area contributed by atoms with E-state index in [1.807, 2.05) is 50.2 Å². The maximum absolute atomic E-state index is 10.1. The lowest BCUT2D eigenvalue weighted by atomic mass is 10.0. The number of hydrogen-bond acceptors (Lipinski definition) is 3. The number of para-hydroxylation sites is 1. The topological polar surface area (TPSA) is 38.7 Å². The van der Waals surface area contributed by atoms with Crippen LogP contribution in [0.2, 0.25) is 0 Å². The number of phenols is 1. The van der Waals surface area contributed by atoms with Crippen LogP contribution in [0, 0.1) is 0 Å². The van der Waals surface area contributed by atoms with E-state index >= 15 is 0 Å². The van der Waals surface area contributed by atoms with E-state index < -0.39 is 0 Å². The SMILES string of the molecule is COc1cccc(-c2ccc(OC(C)C)cc2)c1O. The van der Waals surface area contributed by atoms with Crippen molar-refractivity contribution in [1.29, 1.82) is 0 Å².